The third-order valence-corrected chi connectivity index (χ3v) is 6.16. The molecule has 0 spiro atoms. The van der Waals surface area contributed by atoms with Gasteiger partial charge in [0, 0.05) is 31.5 Å². The molecule has 1 aliphatic heterocycles. The molecule has 1 saturated carbocycles. The first-order valence-corrected chi connectivity index (χ1v) is 9.71. The lowest BCUT2D eigenvalue weighted by molar-refractivity contribution is -0.136. The molecule has 8 heteroatoms. The van der Waals surface area contributed by atoms with E-state index in [1.807, 2.05) is 11.9 Å². The van der Waals surface area contributed by atoms with Gasteiger partial charge >= 0.3 is 0 Å². The fraction of sp³-hybridized carbons (Fsp3) is 0.650. The second kappa shape index (κ2) is 8.02. The Bertz CT molecular complexity index is 718. The van der Waals surface area contributed by atoms with Crippen molar-refractivity contribution in [1.82, 2.24) is 4.90 Å². The van der Waals surface area contributed by atoms with Crippen molar-refractivity contribution in [3.05, 3.63) is 29.1 Å². The number of alkyl halides is 1. The van der Waals surface area contributed by atoms with Gasteiger partial charge in [0.1, 0.15) is 22.8 Å². The Kier molecular flexibility index (Phi) is 6.05. The summed E-state index contributed by atoms with van der Waals surface area (Å²) in [5, 5.41) is 20.5. The Morgan fingerprint density at radius 2 is 2.04 bits per heavy atom. The van der Waals surface area contributed by atoms with Gasteiger partial charge in [-0.15, -0.1) is 0 Å². The molecule has 1 unspecified atom stereocenters. The maximum absolute atomic E-state index is 15.7. The Balaban J connectivity index is 1.88. The Morgan fingerprint density at radius 1 is 1.39 bits per heavy atom. The minimum Gasteiger partial charge on any atom is -0.393 e. The lowest BCUT2D eigenvalue weighted by Crippen LogP contribution is -2.54. The van der Waals surface area contributed by atoms with Crippen molar-refractivity contribution < 1.29 is 28.6 Å². The number of nitrogens with zero attached hydrogens (tertiary/aromatic N) is 1. The summed E-state index contributed by atoms with van der Waals surface area (Å²) in [7, 11) is 1.89. The number of hydrogen-bond acceptors (Lipinski definition) is 6. The summed E-state index contributed by atoms with van der Waals surface area (Å²) < 4.78 is 30.5. The summed E-state index contributed by atoms with van der Waals surface area (Å²) in [6.45, 7) is 2.63. The van der Waals surface area contributed by atoms with E-state index < -0.39 is 23.2 Å². The number of nitrogens with one attached hydrogen (secondary N) is 1. The molecule has 28 heavy (non-hydrogen) atoms. The van der Waals surface area contributed by atoms with Gasteiger partial charge in [-0.05, 0) is 44.0 Å². The van der Waals surface area contributed by atoms with Crippen LogP contribution in [0.3, 0.4) is 0 Å². The maximum atomic E-state index is 15.7. The van der Waals surface area contributed by atoms with Gasteiger partial charge in [-0.1, -0.05) is 6.92 Å². The van der Waals surface area contributed by atoms with Gasteiger partial charge in [0.15, 0.2) is 6.29 Å². The number of likely N-dealkylation sites (tertiary alicyclic amines) is 1. The van der Waals surface area contributed by atoms with E-state index in [-0.39, 0.29) is 42.2 Å². The molecule has 1 atom stereocenters. The molecule has 1 aliphatic carbocycles. The quantitative estimate of drug-likeness (QED) is 0.484. The van der Waals surface area contributed by atoms with Crippen molar-refractivity contribution in [3.8, 4) is 0 Å². The first kappa shape index (κ1) is 21.1. The van der Waals surface area contributed by atoms with Crippen LogP contribution in [0.1, 0.15) is 54.9 Å². The molecular formula is C20H28F2N2O4. The average Bonchev–Trinajstić information content (AvgIpc) is 2.66. The highest BCUT2D eigenvalue weighted by molar-refractivity contribution is 5.84. The van der Waals surface area contributed by atoms with E-state index >= 15 is 4.39 Å². The van der Waals surface area contributed by atoms with Crippen LogP contribution in [0, 0.1) is 5.82 Å². The monoisotopic (exact) mass is 398 g/mol. The van der Waals surface area contributed by atoms with Gasteiger partial charge in [-0.25, -0.2) is 8.78 Å². The zero-order valence-corrected chi connectivity index (χ0v) is 16.3. The SMILES string of the molecule is CCC(O)(c1cc(F)c(NOC2CC(O)C2)c(C=O)c1)C1(F)CCN(C)CC1. The first-order valence-electron chi connectivity index (χ1n) is 9.71. The molecule has 1 aromatic carbocycles. The van der Waals surface area contributed by atoms with Crippen LogP contribution in [0.15, 0.2) is 12.1 Å². The van der Waals surface area contributed by atoms with Crippen molar-refractivity contribution in [2.75, 3.05) is 25.6 Å². The first-order chi connectivity index (χ1) is 13.2. The molecule has 0 bridgehead atoms. The van der Waals surface area contributed by atoms with Crippen LogP contribution in [0.2, 0.25) is 0 Å². The fourth-order valence-corrected chi connectivity index (χ4v) is 4.01. The highest BCUT2D eigenvalue weighted by atomic mass is 19.1. The standard InChI is InChI=1S/C20H28F2N2O4/c1-3-20(27,19(22)4-6-24(2)7-5-19)14-8-13(12-25)18(17(21)9-14)23-28-16-10-15(26)11-16/h8-9,12,15-16,23,26-27H,3-7,10-11H2,1-2H3. The largest absolute Gasteiger partial charge is 0.393 e. The van der Waals surface area contributed by atoms with Crippen LogP contribution < -0.4 is 5.48 Å². The molecule has 1 aromatic rings. The second-order valence-corrected chi connectivity index (χ2v) is 7.99. The fourth-order valence-electron chi connectivity index (χ4n) is 4.01. The molecule has 0 aromatic heterocycles. The third kappa shape index (κ3) is 3.78. The maximum Gasteiger partial charge on any atom is 0.152 e. The summed E-state index contributed by atoms with van der Waals surface area (Å²) in [6, 6.07) is 2.39. The predicted molar refractivity (Wildman–Crippen MR) is 100 cm³/mol. The highest BCUT2D eigenvalue weighted by Gasteiger charge is 2.52. The number of aliphatic hydroxyl groups excluding tert-OH is 1. The summed E-state index contributed by atoms with van der Waals surface area (Å²) in [6.07, 6.45) is 0.902. The zero-order chi connectivity index (χ0) is 20.5. The Morgan fingerprint density at radius 3 is 2.57 bits per heavy atom. The van der Waals surface area contributed by atoms with Crippen molar-refractivity contribution >= 4 is 12.0 Å². The van der Waals surface area contributed by atoms with Crippen LogP contribution >= 0.6 is 0 Å². The van der Waals surface area contributed by atoms with E-state index in [4.69, 9.17) is 4.84 Å². The van der Waals surface area contributed by atoms with E-state index in [1.54, 1.807) is 6.92 Å². The summed E-state index contributed by atoms with van der Waals surface area (Å²) >= 11 is 0. The number of aldehydes is 1. The molecular weight excluding hydrogens is 370 g/mol. The van der Waals surface area contributed by atoms with Gasteiger partial charge in [-0.3, -0.25) is 15.1 Å². The van der Waals surface area contributed by atoms with Gasteiger partial charge in [0.25, 0.3) is 0 Å². The number of carbonyl (C=O) groups is 1. The summed E-state index contributed by atoms with van der Waals surface area (Å²) in [4.78, 5) is 18.8. The number of aliphatic hydroxyl groups is 2. The molecule has 6 nitrogen and oxygen atoms in total. The number of rotatable bonds is 7. The topological polar surface area (TPSA) is 82.0 Å². The van der Waals surface area contributed by atoms with Crippen LogP contribution in [0.4, 0.5) is 14.5 Å². The molecule has 2 fully saturated rings. The van der Waals surface area contributed by atoms with Crippen molar-refractivity contribution in [3.63, 3.8) is 0 Å². The number of benzene rings is 1. The van der Waals surface area contributed by atoms with Crippen molar-refractivity contribution in [2.24, 2.45) is 0 Å². The lowest BCUT2D eigenvalue weighted by atomic mass is 9.71. The minimum absolute atomic E-state index is 0.0475. The molecule has 2 aliphatic rings. The van der Waals surface area contributed by atoms with E-state index in [0.29, 0.717) is 32.2 Å². The van der Waals surface area contributed by atoms with Gasteiger partial charge < -0.3 is 15.1 Å². The van der Waals surface area contributed by atoms with Crippen LogP contribution in [0.5, 0.6) is 0 Å². The molecule has 1 heterocycles. The van der Waals surface area contributed by atoms with E-state index in [0.717, 1.165) is 6.07 Å². The number of piperidine rings is 1. The van der Waals surface area contributed by atoms with Gasteiger partial charge in [-0.2, -0.15) is 0 Å². The average molecular weight is 398 g/mol. The predicted octanol–water partition coefficient (Wildman–Crippen LogP) is 2.54. The van der Waals surface area contributed by atoms with E-state index in [1.165, 1.54) is 6.07 Å². The highest BCUT2D eigenvalue weighted by Crippen LogP contribution is 2.46. The lowest BCUT2D eigenvalue weighted by Gasteiger charge is -2.45. The Labute approximate surface area is 163 Å². The van der Waals surface area contributed by atoms with E-state index in [2.05, 4.69) is 5.48 Å². The molecule has 3 rings (SSSR count). The summed E-state index contributed by atoms with van der Waals surface area (Å²) in [5.74, 6) is -0.803. The number of hydrogen-bond donors (Lipinski definition) is 3. The van der Waals surface area contributed by atoms with Crippen LogP contribution in [-0.2, 0) is 10.4 Å². The van der Waals surface area contributed by atoms with Crippen LogP contribution in [-0.4, -0.2) is 59.4 Å². The third-order valence-electron chi connectivity index (χ3n) is 6.16. The molecule has 156 valence electrons. The van der Waals surface area contributed by atoms with E-state index in [9.17, 15) is 19.4 Å². The Hall–Kier alpha value is -1.61. The van der Waals surface area contributed by atoms with Gasteiger partial charge in [0.2, 0.25) is 0 Å². The normalized spacial score (nSPS) is 26.9. The number of anilines is 1. The minimum atomic E-state index is -1.91. The van der Waals surface area contributed by atoms with Crippen LogP contribution in [0.25, 0.3) is 0 Å². The summed E-state index contributed by atoms with van der Waals surface area (Å²) in [5.41, 5.74) is -1.53. The molecule has 0 radical (unpaired) electrons. The molecule has 0 amide bonds. The molecule has 1 saturated heterocycles. The second-order valence-electron chi connectivity index (χ2n) is 7.99. The van der Waals surface area contributed by atoms with Gasteiger partial charge in [0.05, 0.1) is 12.2 Å². The molecule has 3 N–H and O–H groups in total. The van der Waals surface area contributed by atoms with Crippen molar-refractivity contribution in [2.45, 2.75) is 62.5 Å². The smallest absolute Gasteiger partial charge is 0.152 e. The van der Waals surface area contributed by atoms with Crippen molar-refractivity contribution in [1.29, 1.82) is 0 Å². The number of carbonyl (C=O) groups excluding carboxylic acids is 1. The number of halogens is 2. The zero-order valence-electron chi connectivity index (χ0n) is 16.3.